The van der Waals surface area contributed by atoms with Crippen LogP contribution in [0.1, 0.15) is 13.8 Å². The van der Waals surface area contributed by atoms with E-state index >= 15 is 0 Å². The fourth-order valence-electron chi connectivity index (χ4n) is 2.60. The number of ether oxygens (including phenoxy) is 2. The maximum absolute atomic E-state index is 13.0. The molecule has 2 fully saturated rings. The number of rotatable bonds is 6. The molecule has 0 aromatic heterocycles. The van der Waals surface area contributed by atoms with E-state index < -0.39 is 23.8 Å². The van der Waals surface area contributed by atoms with E-state index in [1.807, 2.05) is 0 Å². The molecular weight excluding hydrogens is 344 g/mol. The number of ketones is 2. The van der Waals surface area contributed by atoms with Crippen LogP contribution >= 0.6 is 0 Å². The number of carbonyl (C=O) groups is 4. The van der Waals surface area contributed by atoms with Gasteiger partial charge in [-0.15, -0.1) is 0 Å². The molecule has 2 aliphatic heterocycles. The van der Waals surface area contributed by atoms with E-state index in [2.05, 4.69) is 10.6 Å². The Kier molecular flexibility index (Phi) is 4.83. The minimum absolute atomic E-state index is 0.0560. The van der Waals surface area contributed by atoms with Crippen molar-refractivity contribution in [1.82, 2.24) is 20.4 Å². The highest BCUT2D eigenvalue weighted by Crippen LogP contribution is 2.32. The highest BCUT2D eigenvalue weighted by molar-refractivity contribution is 6.25. The van der Waals surface area contributed by atoms with Crippen LogP contribution in [0, 0.1) is 0 Å². The minimum atomic E-state index is -0.810. The summed E-state index contributed by atoms with van der Waals surface area (Å²) in [5.74, 6) is -1.08. The van der Waals surface area contributed by atoms with Gasteiger partial charge in [0.1, 0.15) is 22.8 Å². The highest BCUT2D eigenvalue weighted by Gasteiger charge is 2.45. The molecule has 0 atom stereocenters. The van der Waals surface area contributed by atoms with Crippen LogP contribution < -0.4 is 10.6 Å². The molecule has 140 valence electrons. The van der Waals surface area contributed by atoms with Crippen LogP contribution in [-0.2, 0) is 19.1 Å². The van der Waals surface area contributed by atoms with Crippen molar-refractivity contribution in [3.05, 3.63) is 22.8 Å². The summed E-state index contributed by atoms with van der Waals surface area (Å²) >= 11 is 0. The van der Waals surface area contributed by atoms with E-state index in [1.54, 1.807) is 23.6 Å². The molecule has 0 bridgehead atoms. The molecule has 0 spiro atoms. The minimum Gasteiger partial charge on any atom is -0.450 e. The Balaban J connectivity index is 1.96. The van der Waals surface area contributed by atoms with Crippen molar-refractivity contribution < 1.29 is 28.7 Å². The summed E-state index contributed by atoms with van der Waals surface area (Å²) in [5, 5.41) is 4.77. The monoisotopic (exact) mass is 364 g/mol. The van der Waals surface area contributed by atoms with Gasteiger partial charge < -0.3 is 19.3 Å². The number of alkyl carbamates (subject to hydrolysis) is 2. The quantitative estimate of drug-likeness (QED) is 0.487. The SMILES string of the molecule is CCOC(=O)NC1=C(N2CC2)C(=O)C(NC(=O)OCC)=C(N2CC2)C1=O. The molecule has 0 saturated carbocycles. The molecular formula is C16H20N4O6. The number of nitrogens with zero attached hydrogens (tertiary/aromatic N) is 2. The highest BCUT2D eigenvalue weighted by atomic mass is 16.6. The molecule has 0 radical (unpaired) electrons. The van der Waals surface area contributed by atoms with Gasteiger partial charge in [0.2, 0.25) is 11.6 Å². The molecule has 0 unspecified atom stereocenters. The third kappa shape index (κ3) is 3.48. The van der Waals surface area contributed by atoms with E-state index in [-0.39, 0.29) is 36.0 Å². The zero-order chi connectivity index (χ0) is 18.8. The second-order valence-electron chi connectivity index (χ2n) is 5.77. The lowest BCUT2D eigenvalue weighted by atomic mass is 9.98. The average molecular weight is 364 g/mol. The Bertz CT molecular complexity index is 671. The van der Waals surface area contributed by atoms with Crippen molar-refractivity contribution >= 4 is 23.8 Å². The normalized spacial score (nSPS) is 18.8. The summed E-state index contributed by atoms with van der Waals surface area (Å²) in [6, 6.07) is 0. The van der Waals surface area contributed by atoms with E-state index in [0.29, 0.717) is 26.2 Å². The molecule has 2 saturated heterocycles. The van der Waals surface area contributed by atoms with Gasteiger partial charge in [0, 0.05) is 26.2 Å². The number of hydrogen-bond donors (Lipinski definition) is 2. The first-order valence-corrected chi connectivity index (χ1v) is 8.43. The van der Waals surface area contributed by atoms with Crippen LogP contribution in [0.5, 0.6) is 0 Å². The van der Waals surface area contributed by atoms with Crippen LogP contribution in [0.4, 0.5) is 9.59 Å². The lowest BCUT2D eigenvalue weighted by Crippen LogP contribution is -2.43. The maximum atomic E-state index is 13.0. The van der Waals surface area contributed by atoms with Gasteiger partial charge in [-0.3, -0.25) is 20.2 Å². The third-order valence-corrected chi connectivity index (χ3v) is 3.89. The Morgan fingerprint density at radius 3 is 1.42 bits per heavy atom. The third-order valence-electron chi connectivity index (χ3n) is 3.89. The summed E-state index contributed by atoms with van der Waals surface area (Å²) in [6.07, 6.45) is -1.62. The van der Waals surface area contributed by atoms with Crippen LogP contribution in [0.2, 0.25) is 0 Å². The molecule has 26 heavy (non-hydrogen) atoms. The average Bonchev–Trinajstić information content (AvgIpc) is 3.45. The second kappa shape index (κ2) is 7.06. The Morgan fingerprint density at radius 2 is 1.15 bits per heavy atom. The van der Waals surface area contributed by atoms with E-state index in [1.165, 1.54) is 0 Å². The van der Waals surface area contributed by atoms with Crippen LogP contribution in [-0.4, -0.2) is 72.9 Å². The van der Waals surface area contributed by atoms with Gasteiger partial charge in [-0.25, -0.2) is 9.59 Å². The summed E-state index contributed by atoms with van der Waals surface area (Å²) in [4.78, 5) is 52.9. The molecule has 10 heteroatoms. The van der Waals surface area contributed by atoms with Gasteiger partial charge >= 0.3 is 12.2 Å². The first-order chi connectivity index (χ1) is 12.5. The Labute approximate surface area is 149 Å². The number of hydrogen-bond acceptors (Lipinski definition) is 8. The topological polar surface area (TPSA) is 117 Å². The van der Waals surface area contributed by atoms with E-state index in [0.717, 1.165) is 0 Å². The maximum Gasteiger partial charge on any atom is 0.411 e. The number of carbonyl (C=O) groups excluding carboxylic acids is 4. The van der Waals surface area contributed by atoms with Gasteiger partial charge in [0.15, 0.2) is 0 Å². The largest absolute Gasteiger partial charge is 0.450 e. The van der Waals surface area contributed by atoms with Crippen molar-refractivity contribution in [3.8, 4) is 0 Å². The van der Waals surface area contributed by atoms with Gasteiger partial charge in [-0.2, -0.15) is 0 Å². The van der Waals surface area contributed by atoms with Gasteiger partial charge in [0.05, 0.1) is 13.2 Å². The second-order valence-corrected chi connectivity index (χ2v) is 5.77. The summed E-state index contributed by atoms with van der Waals surface area (Å²) < 4.78 is 9.65. The van der Waals surface area contributed by atoms with Crippen molar-refractivity contribution in [1.29, 1.82) is 0 Å². The van der Waals surface area contributed by atoms with Crippen LogP contribution in [0.15, 0.2) is 22.8 Å². The van der Waals surface area contributed by atoms with Gasteiger partial charge in [0.25, 0.3) is 0 Å². The number of nitrogens with one attached hydrogen (secondary N) is 2. The zero-order valence-corrected chi connectivity index (χ0v) is 14.6. The van der Waals surface area contributed by atoms with E-state index in [4.69, 9.17) is 9.47 Å². The lowest BCUT2D eigenvalue weighted by molar-refractivity contribution is -0.118. The van der Waals surface area contributed by atoms with Gasteiger partial charge in [-0.05, 0) is 13.8 Å². The molecule has 1 aliphatic carbocycles. The smallest absolute Gasteiger partial charge is 0.411 e. The van der Waals surface area contributed by atoms with Crippen LogP contribution in [0.3, 0.4) is 0 Å². The molecule has 0 aromatic carbocycles. The van der Waals surface area contributed by atoms with E-state index in [9.17, 15) is 19.2 Å². The fraction of sp³-hybridized carbons (Fsp3) is 0.500. The lowest BCUT2D eigenvalue weighted by Gasteiger charge is -2.25. The summed E-state index contributed by atoms with van der Waals surface area (Å²) in [6.45, 7) is 5.84. The predicted octanol–water partition coefficient (Wildman–Crippen LogP) is -0.315. The van der Waals surface area contributed by atoms with Crippen molar-refractivity contribution in [2.75, 3.05) is 39.4 Å². The number of Topliss-reactive ketones (excluding diaryl/α,β-unsaturated/α-hetero) is 2. The summed E-state index contributed by atoms with van der Waals surface area (Å²) in [5.41, 5.74) is -0.134. The molecule has 10 nitrogen and oxygen atoms in total. The van der Waals surface area contributed by atoms with Crippen molar-refractivity contribution in [2.45, 2.75) is 13.8 Å². The van der Waals surface area contributed by atoms with Crippen molar-refractivity contribution in [2.24, 2.45) is 0 Å². The first-order valence-electron chi connectivity index (χ1n) is 8.43. The molecule has 0 aromatic rings. The molecule has 2 heterocycles. The first kappa shape index (κ1) is 17.8. The zero-order valence-electron chi connectivity index (χ0n) is 14.6. The molecule has 3 rings (SSSR count). The Morgan fingerprint density at radius 1 is 0.808 bits per heavy atom. The standard InChI is InChI=1S/C16H20N4O6/c1-3-25-15(23)17-9-11(19-5-6-19)14(22)10(18-16(24)26-4-2)12(13(9)21)20-7-8-20/h3-8H2,1-2H3,(H,17,23)(H,18,24). The predicted molar refractivity (Wildman–Crippen MR) is 87.5 cm³/mol. The molecule has 2 N–H and O–H groups in total. The fourth-order valence-corrected chi connectivity index (χ4v) is 2.60. The van der Waals surface area contributed by atoms with Crippen molar-refractivity contribution in [3.63, 3.8) is 0 Å². The number of amides is 2. The van der Waals surface area contributed by atoms with Crippen LogP contribution in [0.25, 0.3) is 0 Å². The van der Waals surface area contributed by atoms with Gasteiger partial charge in [-0.1, -0.05) is 0 Å². The Hall–Kier alpha value is -3.04. The molecule has 3 aliphatic rings. The summed E-state index contributed by atoms with van der Waals surface area (Å²) in [7, 11) is 0. The molecule has 2 amide bonds.